The van der Waals surface area contributed by atoms with Crippen LogP contribution >= 0.6 is 0 Å². The van der Waals surface area contributed by atoms with Crippen LogP contribution in [0.5, 0.6) is 11.5 Å². The molecular formula is C17H17NO5. The minimum atomic E-state index is -0.682. The first-order valence-electron chi connectivity index (χ1n) is 7.29. The summed E-state index contributed by atoms with van der Waals surface area (Å²) in [7, 11) is 0. The van der Waals surface area contributed by atoms with E-state index in [1.165, 1.54) is 6.08 Å². The number of carbonyl (C=O) groups excluding carboxylic acids is 1. The van der Waals surface area contributed by atoms with Crippen LogP contribution in [-0.2, 0) is 4.79 Å². The van der Waals surface area contributed by atoms with Crippen LogP contribution in [0.4, 0.5) is 0 Å². The van der Waals surface area contributed by atoms with E-state index in [4.69, 9.17) is 13.9 Å². The quantitative estimate of drug-likeness (QED) is 0.799. The Hall–Kier alpha value is -2.73. The van der Waals surface area contributed by atoms with Gasteiger partial charge in [-0.2, -0.15) is 0 Å². The van der Waals surface area contributed by atoms with Gasteiger partial charge in [-0.05, 0) is 42.3 Å². The molecule has 3 rings (SSSR count). The van der Waals surface area contributed by atoms with E-state index >= 15 is 0 Å². The normalized spacial score (nSPS) is 14.1. The maximum absolute atomic E-state index is 11.7. The first-order chi connectivity index (χ1) is 11.2. The van der Waals surface area contributed by atoms with Gasteiger partial charge in [0, 0.05) is 12.6 Å². The van der Waals surface area contributed by atoms with E-state index in [-0.39, 0.29) is 12.7 Å². The summed E-state index contributed by atoms with van der Waals surface area (Å²) < 4.78 is 15.6. The fraction of sp³-hybridized carbons (Fsp3) is 0.235. The van der Waals surface area contributed by atoms with E-state index in [0.717, 1.165) is 5.56 Å². The SMILES string of the molecule is O=C(/C=C/c1ccco1)NCC[C@@H](O)c1ccc2c(c1)OCO2. The Morgan fingerprint density at radius 3 is 3.00 bits per heavy atom. The number of fused-ring (bicyclic) bond motifs is 1. The van der Waals surface area contributed by atoms with Gasteiger partial charge in [-0.3, -0.25) is 4.79 Å². The molecule has 23 heavy (non-hydrogen) atoms. The van der Waals surface area contributed by atoms with Gasteiger partial charge < -0.3 is 24.3 Å². The Bertz CT molecular complexity index is 693. The highest BCUT2D eigenvalue weighted by atomic mass is 16.7. The molecule has 0 aliphatic carbocycles. The zero-order valence-electron chi connectivity index (χ0n) is 12.4. The summed E-state index contributed by atoms with van der Waals surface area (Å²) in [6.45, 7) is 0.559. The molecule has 1 aromatic carbocycles. The van der Waals surface area contributed by atoms with Crippen LogP contribution in [0.3, 0.4) is 0 Å². The van der Waals surface area contributed by atoms with Crippen molar-refractivity contribution in [2.24, 2.45) is 0 Å². The summed E-state index contributed by atoms with van der Waals surface area (Å²) in [5.41, 5.74) is 0.731. The molecule has 1 aromatic heterocycles. The summed E-state index contributed by atoms with van der Waals surface area (Å²) in [5, 5.41) is 12.9. The fourth-order valence-electron chi connectivity index (χ4n) is 2.22. The molecule has 2 N–H and O–H groups in total. The third-order valence-corrected chi connectivity index (χ3v) is 3.44. The van der Waals surface area contributed by atoms with Crippen molar-refractivity contribution in [1.29, 1.82) is 0 Å². The highest BCUT2D eigenvalue weighted by Gasteiger charge is 2.16. The van der Waals surface area contributed by atoms with Crippen molar-refractivity contribution in [3.63, 3.8) is 0 Å². The number of benzene rings is 1. The third kappa shape index (κ3) is 3.92. The lowest BCUT2D eigenvalue weighted by Crippen LogP contribution is -2.23. The first kappa shape index (κ1) is 15.2. The van der Waals surface area contributed by atoms with Crippen molar-refractivity contribution in [1.82, 2.24) is 5.32 Å². The van der Waals surface area contributed by atoms with Gasteiger partial charge in [-0.1, -0.05) is 6.07 Å². The molecule has 2 heterocycles. The van der Waals surface area contributed by atoms with Gasteiger partial charge in [-0.15, -0.1) is 0 Å². The molecule has 0 spiro atoms. The number of aliphatic hydroxyl groups is 1. The molecule has 0 saturated carbocycles. The third-order valence-electron chi connectivity index (χ3n) is 3.44. The number of rotatable bonds is 6. The molecule has 0 bridgehead atoms. The van der Waals surface area contributed by atoms with Crippen LogP contribution in [0.1, 0.15) is 23.8 Å². The Labute approximate surface area is 133 Å². The molecule has 1 atom stereocenters. The summed E-state index contributed by atoms with van der Waals surface area (Å²) in [4.78, 5) is 11.7. The van der Waals surface area contributed by atoms with Crippen LogP contribution in [0, 0.1) is 0 Å². The van der Waals surface area contributed by atoms with Gasteiger partial charge in [-0.25, -0.2) is 0 Å². The van der Waals surface area contributed by atoms with Gasteiger partial charge in [0.2, 0.25) is 12.7 Å². The lowest BCUT2D eigenvalue weighted by atomic mass is 10.1. The number of furan rings is 1. The average Bonchev–Trinajstić information content (AvgIpc) is 3.23. The second kappa shape index (κ2) is 7.02. The van der Waals surface area contributed by atoms with Gasteiger partial charge in [0.05, 0.1) is 12.4 Å². The second-order valence-corrected chi connectivity index (χ2v) is 5.06. The van der Waals surface area contributed by atoms with Gasteiger partial charge in [0.15, 0.2) is 11.5 Å². The zero-order chi connectivity index (χ0) is 16.1. The molecule has 1 aliphatic heterocycles. The van der Waals surface area contributed by atoms with Crippen molar-refractivity contribution < 1.29 is 23.8 Å². The maximum atomic E-state index is 11.7. The number of hydrogen-bond acceptors (Lipinski definition) is 5. The minimum absolute atomic E-state index is 0.201. The lowest BCUT2D eigenvalue weighted by molar-refractivity contribution is -0.116. The highest BCUT2D eigenvalue weighted by molar-refractivity contribution is 5.91. The maximum Gasteiger partial charge on any atom is 0.244 e. The van der Waals surface area contributed by atoms with Gasteiger partial charge in [0.25, 0.3) is 0 Å². The van der Waals surface area contributed by atoms with Crippen molar-refractivity contribution in [2.75, 3.05) is 13.3 Å². The second-order valence-electron chi connectivity index (χ2n) is 5.06. The van der Waals surface area contributed by atoms with E-state index < -0.39 is 6.10 Å². The van der Waals surface area contributed by atoms with Crippen molar-refractivity contribution in [2.45, 2.75) is 12.5 Å². The standard InChI is InChI=1S/C17H17NO5/c19-14(12-3-5-15-16(10-12)23-11-22-15)7-8-18-17(20)6-4-13-2-1-9-21-13/h1-6,9-10,14,19H,7-8,11H2,(H,18,20)/b6-4+/t14-/m1/s1. The molecule has 6 heteroatoms. The molecule has 120 valence electrons. The summed E-state index contributed by atoms with van der Waals surface area (Å²) in [6.07, 6.45) is 4.24. The van der Waals surface area contributed by atoms with Crippen LogP contribution in [-0.4, -0.2) is 24.4 Å². The number of nitrogens with one attached hydrogen (secondary N) is 1. The Morgan fingerprint density at radius 2 is 2.17 bits per heavy atom. The molecule has 1 aliphatic rings. The molecule has 0 saturated heterocycles. The van der Waals surface area contributed by atoms with E-state index in [1.807, 2.05) is 0 Å². The Balaban J connectivity index is 1.45. The van der Waals surface area contributed by atoms with Crippen LogP contribution < -0.4 is 14.8 Å². The number of carbonyl (C=O) groups is 1. The number of aliphatic hydroxyl groups excluding tert-OH is 1. The Kier molecular flexibility index (Phi) is 4.63. The summed E-state index contributed by atoms with van der Waals surface area (Å²) in [6, 6.07) is 8.82. The van der Waals surface area contributed by atoms with Crippen molar-refractivity contribution in [3.05, 3.63) is 54.0 Å². The predicted octanol–water partition coefficient (Wildman–Crippen LogP) is 2.26. The summed E-state index contributed by atoms with van der Waals surface area (Å²) in [5.74, 6) is 1.68. The van der Waals surface area contributed by atoms with Gasteiger partial charge in [0.1, 0.15) is 5.76 Å². The molecule has 0 fully saturated rings. The number of amides is 1. The highest BCUT2D eigenvalue weighted by Crippen LogP contribution is 2.34. The number of ether oxygens (including phenoxy) is 2. The smallest absolute Gasteiger partial charge is 0.244 e. The Morgan fingerprint density at radius 1 is 1.30 bits per heavy atom. The van der Waals surface area contributed by atoms with Crippen molar-refractivity contribution >= 4 is 12.0 Å². The monoisotopic (exact) mass is 315 g/mol. The molecular weight excluding hydrogens is 298 g/mol. The largest absolute Gasteiger partial charge is 0.465 e. The molecule has 0 radical (unpaired) electrons. The van der Waals surface area contributed by atoms with Gasteiger partial charge >= 0.3 is 0 Å². The first-order valence-corrected chi connectivity index (χ1v) is 7.29. The molecule has 6 nitrogen and oxygen atoms in total. The van der Waals surface area contributed by atoms with Crippen molar-refractivity contribution in [3.8, 4) is 11.5 Å². The van der Waals surface area contributed by atoms with Crippen LogP contribution in [0.15, 0.2) is 47.1 Å². The zero-order valence-corrected chi connectivity index (χ0v) is 12.4. The molecule has 1 amide bonds. The van der Waals surface area contributed by atoms with E-state index in [0.29, 0.717) is 30.2 Å². The minimum Gasteiger partial charge on any atom is -0.465 e. The fourth-order valence-corrected chi connectivity index (χ4v) is 2.22. The number of hydrogen-bond donors (Lipinski definition) is 2. The van der Waals surface area contributed by atoms with E-state index in [9.17, 15) is 9.90 Å². The topological polar surface area (TPSA) is 80.9 Å². The average molecular weight is 315 g/mol. The summed E-state index contributed by atoms with van der Waals surface area (Å²) >= 11 is 0. The van der Waals surface area contributed by atoms with E-state index in [2.05, 4.69) is 5.32 Å². The van der Waals surface area contributed by atoms with E-state index in [1.54, 1.807) is 42.7 Å². The van der Waals surface area contributed by atoms with Crippen LogP contribution in [0.25, 0.3) is 6.08 Å². The molecule has 2 aromatic rings. The lowest BCUT2D eigenvalue weighted by Gasteiger charge is -2.11. The predicted molar refractivity (Wildman–Crippen MR) is 82.9 cm³/mol. The molecule has 0 unspecified atom stereocenters. The van der Waals surface area contributed by atoms with Crippen LogP contribution in [0.2, 0.25) is 0 Å².